The lowest BCUT2D eigenvalue weighted by Gasteiger charge is -2.14. The van der Waals surface area contributed by atoms with Crippen LogP contribution in [0.5, 0.6) is 0 Å². The van der Waals surface area contributed by atoms with Gasteiger partial charge < -0.3 is 5.32 Å². The van der Waals surface area contributed by atoms with Gasteiger partial charge in [0.05, 0.1) is 17.4 Å². The molecule has 0 saturated heterocycles. The molecule has 1 atom stereocenters. The summed E-state index contributed by atoms with van der Waals surface area (Å²) in [7, 11) is 0. The predicted octanol–water partition coefficient (Wildman–Crippen LogP) is 1.80. The third-order valence-electron chi connectivity index (χ3n) is 3.34. The number of rotatable bonds is 5. The maximum Gasteiger partial charge on any atom is 0.222 e. The molecule has 0 aromatic carbocycles. The fourth-order valence-corrected chi connectivity index (χ4v) is 2.39. The monoisotopic (exact) mass is 275 g/mol. The van der Waals surface area contributed by atoms with Crippen molar-refractivity contribution in [3.8, 4) is 0 Å². The summed E-state index contributed by atoms with van der Waals surface area (Å²) in [6.07, 6.45) is 2.30. The Kier molecular flexibility index (Phi) is 4.22. The van der Waals surface area contributed by atoms with Gasteiger partial charge in [0, 0.05) is 30.4 Å². The van der Waals surface area contributed by atoms with E-state index in [9.17, 15) is 4.79 Å². The Labute approximate surface area is 118 Å². The Bertz CT molecular complexity index is 579. The number of amides is 1. The van der Waals surface area contributed by atoms with Crippen LogP contribution in [0.4, 0.5) is 0 Å². The highest BCUT2D eigenvalue weighted by molar-refractivity contribution is 5.76. The van der Waals surface area contributed by atoms with E-state index in [0.717, 1.165) is 22.6 Å². The van der Waals surface area contributed by atoms with Gasteiger partial charge in [-0.1, -0.05) is 0 Å². The van der Waals surface area contributed by atoms with Gasteiger partial charge in [0.1, 0.15) is 0 Å². The first-order valence-electron chi connectivity index (χ1n) is 6.78. The van der Waals surface area contributed by atoms with Crippen molar-refractivity contribution in [3.63, 3.8) is 0 Å². The number of aryl methyl sites for hydroxylation is 4. The summed E-state index contributed by atoms with van der Waals surface area (Å²) in [4.78, 5) is 12.0. The number of H-pyrrole nitrogens is 1. The van der Waals surface area contributed by atoms with Gasteiger partial charge in [-0.25, -0.2) is 0 Å². The number of nitrogens with zero attached hydrogens (tertiary/aromatic N) is 3. The van der Waals surface area contributed by atoms with Crippen LogP contribution in [-0.2, 0) is 11.3 Å². The van der Waals surface area contributed by atoms with Crippen molar-refractivity contribution in [3.05, 3.63) is 34.9 Å². The molecule has 0 aliphatic rings. The molecule has 0 bridgehead atoms. The molecular formula is C14H21N5O. The second-order valence-electron chi connectivity index (χ2n) is 5.11. The molecule has 0 aliphatic heterocycles. The van der Waals surface area contributed by atoms with E-state index in [0.29, 0.717) is 13.0 Å². The number of aromatic amines is 1. The minimum atomic E-state index is -0.0411. The smallest absolute Gasteiger partial charge is 0.222 e. The molecular weight excluding hydrogens is 254 g/mol. The molecule has 1 amide bonds. The van der Waals surface area contributed by atoms with Crippen LogP contribution in [-0.4, -0.2) is 25.9 Å². The second kappa shape index (κ2) is 5.90. The number of nitrogens with one attached hydrogen (secondary N) is 2. The summed E-state index contributed by atoms with van der Waals surface area (Å²) < 4.78 is 1.79. The van der Waals surface area contributed by atoms with Crippen molar-refractivity contribution in [1.29, 1.82) is 0 Å². The van der Waals surface area contributed by atoms with Crippen LogP contribution in [0.2, 0.25) is 0 Å². The number of carbonyl (C=O) groups excluding carboxylic acids is 1. The van der Waals surface area contributed by atoms with Crippen molar-refractivity contribution in [2.45, 2.75) is 46.7 Å². The van der Waals surface area contributed by atoms with Gasteiger partial charge in [0.15, 0.2) is 0 Å². The summed E-state index contributed by atoms with van der Waals surface area (Å²) in [5.74, 6) is 0.0191. The van der Waals surface area contributed by atoms with Crippen LogP contribution in [0, 0.1) is 20.8 Å². The van der Waals surface area contributed by atoms with Gasteiger partial charge in [-0.2, -0.15) is 10.2 Å². The zero-order chi connectivity index (χ0) is 14.7. The average Bonchev–Trinajstić information content (AvgIpc) is 2.93. The summed E-state index contributed by atoms with van der Waals surface area (Å²) >= 11 is 0. The molecule has 108 valence electrons. The van der Waals surface area contributed by atoms with Crippen LogP contribution < -0.4 is 5.32 Å². The third-order valence-corrected chi connectivity index (χ3v) is 3.34. The quantitative estimate of drug-likeness (QED) is 0.873. The first kappa shape index (κ1) is 14.3. The first-order valence-corrected chi connectivity index (χ1v) is 6.78. The molecule has 2 heterocycles. The Balaban J connectivity index is 1.88. The molecule has 0 aliphatic carbocycles. The topological polar surface area (TPSA) is 75.6 Å². The SMILES string of the molecule is Cc1ccn(CCC(=O)N[C@H](C)c2c(C)n[nH]c2C)n1. The summed E-state index contributed by atoms with van der Waals surface area (Å²) in [6, 6.07) is 1.89. The normalized spacial score (nSPS) is 12.4. The maximum absolute atomic E-state index is 12.0. The Morgan fingerprint density at radius 2 is 2.20 bits per heavy atom. The average molecular weight is 275 g/mol. The number of carbonyl (C=O) groups is 1. The van der Waals surface area contributed by atoms with E-state index in [2.05, 4.69) is 20.6 Å². The number of hydrogen-bond acceptors (Lipinski definition) is 3. The Hall–Kier alpha value is -2.11. The first-order chi connectivity index (χ1) is 9.47. The van der Waals surface area contributed by atoms with E-state index < -0.39 is 0 Å². The van der Waals surface area contributed by atoms with Crippen molar-refractivity contribution in [2.75, 3.05) is 0 Å². The zero-order valence-corrected chi connectivity index (χ0v) is 12.4. The van der Waals surface area contributed by atoms with Gasteiger partial charge in [-0.15, -0.1) is 0 Å². The van der Waals surface area contributed by atoms with Crippen molar-refractivity contribution >= 4 is 5.91 Å². The van der Waals surface area contributed by atoms with E-state index in [1.807, 2.05) is 40.0 Å². The molecule has 0 saturated carbocycles. The highest BCUT2D eigenvalue weighted by Gasteiger charge is 2.16. The lowest BCUT2D eigenvalue weighted by Crippen LogP contribution is -2.28. The van der Waals surface area contributed by atoms with Gasteiger partial charge in [-0.05, 0) is 33.8 Å². The highest BCUT2D eigenvalue weighted by Crippen LogP contribution is 2.18. The molecule has 0 radical (unpaired) electrons. The minimum absolute atomic E-state index is 0.0191. The van der Waals surface area contributed by atoms with Crippen molar-refractivity contribution < 1.29 is 4.79 Å². The second-order valence-corrected chi connectivity index (χ2v) is 5.11. The third kappa shape index (κ3) is 3.26. The molecule has 20 heavy (non-hydrogen) atoms. The zero-order valence-electron chi connectivity index (χ0n) is 12.4. The van der Waals surface area contributed by atoms with E-state index in [1.54, 1.807) is 4.68 Å². The summed E-state index contributed by atoms with van der Waals surface area (Å²) in [5.41, 5.74) is 3.95. The standard InChI is InChI=1S/C14H21N5O/c1-9-5-7-19(18-9)8-6-13(20)15-10(2)14-11(3)16-17-12(14)4/h5,7,10H,6,8H2,1-4H3,(H,15,20)(H,16,17)/t10-/m1/s1. The Morgan fingerprint density at radius 1 is 1.45 bits per heavy atom. The van der Waals surface area contributed by atoms with Gasteiger partial charge >= 0.3 is 0 Å². The number of aromatic nitrogens is 4. The molecule has 0 fully saturated rings. The molecule has 6 heteroatoms. The Morgan fingerprint density at radius 3 is 2.75 bits per heavy atom. The molecule has 2 rings (SSSR count). The van der Waals surface area contributed by atoms with Crippen molar-refractivity contribution in [1.82, 2.24) is 25.3 Å². The fourth-order valence-electron chi connectivity index (χ4n) is 2.39. The molecule has 2 N–H and O–H groups in total. The molecule has 0 unspecified atom stereocenters. The van der Waals surface area contributed by atoms with Gasteiger partial charge in [-0.3, -0.25) is 14.6 Å². The minimum Gasteiger partial charge on any atom is -0.349 e. The van der Waals surface area contributed by atoms with Crippen molar-refractivity contribution in [2.24, 2.45) is 0 Å². The van der Waals surface area contributed by atoms with Crippen LogP contribution in [0.25, 0.3) is 0 Å². The van der Waals surface area contributed by atoms with Crippen LogP contribution >= 0.6 is 0 Å². The lowest BCUT2D eigenvalue weighted by molar-refractivity contribution is -0.122. The summed E-state index contributed by atoms with van der Waals surface area (Å²) in [5, 5.41) is 14.3. The lowest BCUT2D eigenvalue weighted by atomic mass is 10.1. The fraction of sp³-hybridized carbons (Fsp3) is 0.500. The van der Waals surface area contributed by atoms with E-state index >= 15 is 0 Å². The molecule has 6 nitrogen and oxygen atoms in total. The van der Waals surface area contributed by atoms with Crippen LogP contribution in [0.1, 0.15) is 42.0 Å². The predicted molar refractivity (Wildman–Crippen MR) is 76.2 cm³/mol. The molecule has 2 aromatic rings. The maximum atomic E-state index is 12.0. The van der Waals surface area contributed by atoms with E-state index in [4.69, 9.17) is 0 Å². The van der Waals surface area contributed by atoms with Crippen LogP contribution in [0.3, 0.4) is 0 Å². The molecule has 0 spiro atoms. The summed E-state index contributed by atoms with van der Waals surface area (Å²) in [6.45, 7) is 8.40. The molecule has 2 aromatic heterocycles. The number of hydrogen-bond donors (Lipinski definition) is 2. The van der Waals surface area contributed by atoms with E-state index in [-0.39, 0.29) is 11.9 Å². The highest BCUT2D eigenvalue weighted by atomic mass is 16.1. The van der Waals surface area contributed by atoms with Gasteiger partial charge in [0.2, 0.25) is 5.91 Å². The van der Waals surface area contributed by atoms with Crippen LogP contribution in [0.15, 0.2) is 12.3 Å². The largest absolute Gasteiger partial charge is 0.349 e. The van der Waals surface area contributed by atoms with E-state index in [1.165, 1.54) is 0 Å². The van der Waals surface area contributed by atoms with Gasteiger partial charge in [0.25, 0.3) is 0 Å².